The predicted molar refractivity (Wildman–Crippen MR) is 100 cm³/mol. The number of hydrogen-bond donors (Lipinski definition) is 0. The molecule has 1 nitrogen and oxygen atoms in total. The van der Waals surface area contributed by atoms with Crippen LogP contribution >= 0.6 is 0 Å². The lowest BCUT2D eigenvalue weighted by molar-refractivity contribution is 0.400. The fourth-order valence-corrected chi connectivity index (χ4v) is 6.96. The third kappa shape index (κ3) is 2.94. The molecular formula is C20H30OSi. The molecule has 1 aliphatic rings. The average Bonchev–Trinajstić information content (AvgIpc) is 2.83. The molecule has 0 spiro atoms. The van der Waals surface area contributed by atoms with Crippen molar-refractivity contribution in [3.05, 3.63) is 46.2 Å². The zero-order valence-corrected chi connectivity index (χ0v) is 16.4. The minimum absolute atomic E-state index is 0.0912. The first kappa shape index (κ1) is 17.1. The predicted octanol–water partition coefficient (Wildman–Crippen LogP) is 5.03. The topological polar surface area (TPSA) is 9.23 Å². The first-order valence-corrected chi connectivity index (χ1v) is 11.2. The second-order valence-corrected chi connectivity index (χ2v) is 12.4. The molecular weight excluding hydrogens is 284 g/mol. The number of ether oxygens (including phenoxy) is 1. The molecule has 0 atom stereocenters. The minimum Gasteiger partial charge on any atom is -0.497 e. The molecule has 1 aromatic rings. The van der Waals surface area contributed by atoms with Gasteiger partial charge in [-0.3, -0.25) is 0 Å². The maximum Gasteiger partial charge on any atom is 0.122 e. The van der Waals surface area contributed by atoms with E-state index in [1.165, 1.54) is 21.9 Å². The first-order chi connectivity index (χ1) is 10.1. The van der Waals surface area contributed by atoms with Crippen molar-refractivity contribution in [1.29, 1.82) is 0 Å². The average molecular weight is 315 g/mol. The molecule has 22 heavy (non-hydrogen) atoms. The number of allylic oxidation sites excluding steroid dienone is 4. The van der Waals surface area contributed by atoms with Crippen LogP contribution in [0.15, 0.2) is 35.1 Å². The van der Waals surface area contributed by atoms with E-state index in [0.29, 0.717) is 0 Å². The van der Waals surface area contributed by atoms with Crippen LogP contribution in [0.3, 0.4) is 0 Å². The summed E-state index contributed by atoms with van der Waals surface area (Å²) < 4.78 is 5.93. The van der Waals surface area contributed by atoms with Gasteiger partial charge < -0.3 is 4.74 Å². The Bertz CT molecular complexity index is 642. The van der Waals surface area contributed by atoms with Crippen molar-refractivity contribution in [2.75, 3.05) is 7.11 Å². The summed E-state index contributed by atoms with van der Waals surface area (Å²) in [5, 5.41) is 3.08. The number of hydrogen-bond acceptors (Lipinski definition) is 1. The highest BCUT2D eigenvalue weighted by molar-refractivity contribution is 6.96. The standard InChI is InChI=1S/C20H30OSi/c1-14-12-16(20(3,4)5)19(21-6)18(13-14)22(7,8)17-11-9-10-15(17)2/h9-10,12-13H,11H2,1-8H3. The van der Waals surface area contributed by atoms with Gasteiger partial charge in [0.15, 0.2) is 0 Å². The summed E-state index contributed by atoms with van der Waals surface area (Å²) in [5.41, 5.74) is 4.21. The van der Waals surface area contributed by atoms with E-state index in [1.54, 1.807) is 5.20 Å². The van der Waals surface area contributed by atoms with Crippen molar-refractivity contribution in [2.45, 2.75) is 59.5 Å². The van der Waals surface area contributed by atoms with E-state index in [1.807, 2.05) is 7.11 Å². The van der Waals surface area contributed by atoms with Gasteiger partial charge in [0.25, 0.3) is 0 Å². The summed E-state index contributed by atoms with van der Waals surface area (Å²) in [4.78, 5) is 0. The van der Waals surface area contributed by atoms with Crippen molar-refractivity contribution in [2.24, 2.45) is 0 Å². The van der Waals surface area contributed by atoms with Crippen LogP contribution < -0.4 is 9.92 Å². The van der Waals surface area contributed by atoms with Gasteiger partial charge in [-0.1, -0.05) is 74.5 Å². The van der Waals surface area contributed by atoms with Crippen LogP contribution in [0.4, 0.5) is 0 Å². The van der Waals surface area contributed by atoms with Crippen molar-refractivity contribution >= 4 is 13.3 Å². The summed E-state index contributed by atoms with van der Waals surface area (Å²) in [5.74, 6) is 1.11. The molecule has 0 radical (unpaired) electrons. The summed E-state index contributed by atoms with van der Waals surface area (Å²) in [6, 6.07) is 4.65. The normalized spacial score (nSPS) is 15.6. The lowest BCUT2D eigenvalue weighted by Gasteiger charge is -2.32. The number of rotatable bonds is 3. The Morgan fingerprint density at radius 1 is 1.09 bits per heavy atom. The molecule has 0 aliphatic heterocycles. The maximum atomic E-state index is 5.93. The van der Waals surface area contributed by atoms with Crippen LogP contribution in [-0.4, -0.2) is 15.2 Å². The third-order valence-electron chi connectivity index (χ3n) is 4.84. The van der Waals surface area contributed by atoms with Crippen LogP contribution in [0.5, 0.6) is 5.75 Å². The van der Waals surface area contributed by atoms with Gasteiger partial charge in [0.1, 0.15) is 13.8 Å². The van der Waals surface area contributed by atoms with Gasteiger partial charge in [0, 0.05) is 0 Å². The fraction of sp³-hybridized carbons (Fsp3) is 0.500. The Morgan fingerprint density at radius 3 is 2.18 bits per heavy atom. The van der Waals surface area contributed by atoms with Crippen LogP contribution in [0.2, 0.25) is 13.1 Å². The van der Waals surface area contributed by atoms with Gasteiger partial charge >= 0.3 is 0 Å². The number of methoxy groups -OCH3 is 1. The van der Waals surface area contributed by atoms with Gasteiger partial charge in [-0.25, -0.2) is 0 Å². The Morgan fingerprint density at radius 2 is 1.73 bits per heavy atom. The Labute approximate surface area is 137 Å². The fourth-order valence-electron chi connectivity index (χ4n) is 3.54. The lowest BCUT2D eigenvalue weighted by atomic mass is 9.85. The monoisotopic (exact) mass is 314 g/mol. The molecule has 0 saturated heterocycles. The van der Waals surface area contributed by atoms with E-state index in [-0.39, 0.29) is 5.41 Å². The SMILES string of the molecule is COc1c(C(C)(C)C)cc(C)cc1[Si](C)(C)C1=C(C)C=CC1. The lowest BCUT2D eigenvalue weighted by Crippen LogP contribution is -2.45. The van der Waals surface area contributed by atoms with Gasteiger partial charge in [-0.15, -0.1) is 0 Å². The van der Waals surface area contributed by atoms with Crippen molar-refractivity contribution in [1.82, 2.24) is 0 Å². The highest BCUT2D eigenvalue weighted by Crippen LogP contribution is 2.35. The molecule has 0 amide bonds. The maximum absolute atomic E-state index is 5.93. The number of aryl methyl sites for hydroxylation is 1. The zero-order chi connectivity index (χ0) is 16.7. The van der Waals surface area contributed by atoms with Gasteiger partial charge in [-0.05, 0) is 36.4 Å². The van der Waals surface area contributed by atoms with Gasteiger partial charge in [0.05, 0.1) is 7.11 Å². The van der Waals surface area contributed by atoms with Crippen molar-refractivity contribution in [3.8, 4) is 5.75 Å². The summed E-state index contributed by atoms with van der Waals surface area (Å²) in [6.07, 6.45) is 5.68. The van der Waals surface area contributed by atoms with E-state index in [2.05, 4.69) is 72.0 Å². The molecule has 0 bridgehead atoms. The molecule has 0 aromatic heterocycles. The van der Waals surface area contributed by atoms with Gasteiger partial charge in [0.2, 0.25) is 0 Å². The van der Waals surface area contributed by atoms with Crippen LogP contribution in [0, 0.1) is 6.92 Å². The molecule has 1 aliphatic carbocycles. The van der Waals surface area contributed by atoms with Crippen molar-refractivity contribution in [3.63, 3.8) is 0 Å². The van der Waals surface area contributed by atoms with E-state index >= 15 is 0 Å². The quantitative estimate of drug-likeness (QED) is 0.711. The Balaban J connectivity index is 2.70. The van der Waals surface area contributed by atoms with Crippen LogP contribution in [-0.2, 0) is 5.41 Å². The van der Waals surface area contributed by atoms with Gasteiger partial charge in [-0.2, -0.15) is 0 Å². The molecule has 0 N–H and O–H groups in total. The summed E-state index contributed by atoms with van der Waals surface area (Å²) >= 11 is 0. The minimum atomic E-state index is -1.72. The van der Waals surface area contributed by atoms with E-state index in [9.17, 15) is 0 Å². The molecule has 2 rings (SSSR count). The Kier molecular flexibility index (Phi) is 4.45. The second-order valence-electron chi connectivity index (χ2n) is 8.04. The largest absolute Gasteiger partial charge is 0.497 e. The smallest absolute Gasteiger partial charge is 0.122 e. The van der Waals surface area contributed by atoms with Crippen molar-refractivity contribution < 1.29 is 4.74 Å². The summed E-state index contributed by atoms with van der Waals surface area (Å²) in [7, 11) is 0.0970. The molecule has 2 heteroatoms. The first-order valence-electron chi connectivity index (χ1n) is 8.15. The second kappa shape index (κ2) is 5.73. The van der Waals surface area contributed by atoms with Crippen LogP contribution in [0.1, 0.15) is 45.2 Å². The third-order valence-corrected chi connectivity index (χ3v) is 8.66. The number of benzene rings is 1. The highest BCUT2D eigenvalue weighted by atomic mass is 28.3. The molecule has 0 unspecified atom stereocenters. The van der Waals surface area contributed by atoms with E-state index in [0.717, 1.165) is 12.2 Å². The Hall–Kier alpha value is -1.28. The molecule has 120 valence electrons. The zero-order valence-electron chi connectivity index (χ0n) is 15.4. The molecule has 0 heterocycles. The molecule has 0 saturated carbocycles. The molecule has 1 aromatic carbocycles. The molecule has 0 fully saturated rings. The highest BCUT2D eigenvalue weighted by Gasteiger charge is 2.35. The van der Waals surface area contributed by atoms with Crippen LogP contribution in [0.25, 0.3) is 0 Å². The van der Waals surface area contributed by atoms with E-state index < -0.39 is 8.07 Å². The summed E-state index contributed by atoms with van der Waals surface area (Å²) in [6.45, 7) is 16.2. The van der Waals surface area contributed by atoms with E-state index in [4.69, 9.17) is 4.74 Å².